The molecule has 0 saturated heterocycles. The van der Waals surface area contributed by atoms with Crippen molar-refractivity contribution in [1.29, 1.82) is 0 Å². The molecule has 3 aromatic carbocycles. The van der Waals surface area contributed by atoms with Gasteiger partial charge in [-0.25, -0.2) is 0 Å². The van der Waals surface area contributed by atoms with E-state index in [0.717, 1.165) is 11.4 Å². The molecule has 0 spiro atoms. The fourth-order valence-corrected chi connectivity index (χ4v) is 2.82. The summed E-state index contributed by atoms with van der Waals surface area (Å²) in [5.74, 6) is 0. The molecule has 1 nitrogen and oxygen atoms in total. The van der Waals surface area contributed by atoms with Crippen LogP contribution in [0.4, 0.5) is 11.4 Å². The second-order valence-electron chi connectivity index (χ2n) is 5.98. The quantitative estimate of drug-likeness (QED) is 0.467. The van der Waals surface area contributed by atoms with Crippen molar-refractivity contribution in [3.63, 3.8) is 0 Å². The maximum absolute atomic E-state index is 3.72. The summed E-state index contributed by atoms with van der Waals surface area (Å²) >= 11 is 0. The lowest BCUT2D eigenvalue weighted by Gasteiger charge is -2.09. The van der Waals surface area contributed by atoms with Crippen molar-refractivity contribution in [1.82, 2.24) is 0 Å². The third kappa shape index (κ3) is 4.40. The number of hydrogen-bond donors (Lipinski definition) is 1. The van der Waals surface area contributed by atoms with Gasteiger partial charge in [-0.3, -0.25) is 0 Å². The first-order chi connectivity index (χ1) is 12.8. The van der Waals surface area contributed by atoms with E-state index in [4.69, 9.17) is 0 Å². The minimum absolute atomic E-state index is 1.07. The normalized spacial score (nSPS) is 11.5. The zero-order valence-corrected chi connectivity index (χ0v) is 15.0. The first-order valence-corrected chi connectivity index (χ1v) is 8.78. The van der Waals surface area contributed by atoms with Crippen LogP contribution in [0.3, 0.4) is 0 Å². The van der Waals surface area contributed by atoms with Crippen molar-refractivity contribution >= 4 is 16.9 Å². The molecule has 0 fully saturated rings. The van der Waals surface area contributed by atoms with Gasteiger partial charge in [-0.1, -0.05) is 85.5 Å². The molecule has 1 N–H and O–H groups in total. The van der Waals surface area contributed by atoms with Gasteiger partial charge in [0.05, 0.1) is 0 Å². The molecule has 0 atom stereocenters. The van der Waals surface area contributed by atoms with E-state index in [1.54, 1.807) is 6.08 Å². The van der Waals surface area contributed by atoms with Gasteiger partial charge in [0.1, 0.15) is 0 Å². The summed E-state index contributed by atoms with van der Waals surface area (Å²) in [4.78, 5) is 0. The van der Waals surface area contributed by atoms with Crippen LogP contribution in [0.2, 0.25) is 0 Å². The first-order valence-electron chi connectivity index (χ1n) is 8.78. The summed E-state index contributed by atoms with van der Waals surface area (Å²) in [5.41, 5.74) is 6.98. The average molecular weight is 337 g/mol. The topological polar surface area (TPSA) is 12.0 Å². The summed E-state index contributed by atoms with van der Waals surface area (Å²) in [6.45, 7) is 5.77. The van der Waals surface area contributed by atoms with Crippen LogP contribution in [0.5, 0.6) is 0 Å². The van der Waals surface area contributed by atoms with Crippen molar-refractivity contribution in [2.24, 2.45) is 0 Å². The van der Waals surface area contributed by atoms with Crippen LogP contribution in [0.15, 0.2) is 110 Å². The van der Waals surface area contributed by atoms with Gasteiger partial charge < -0.3 is 5.32 Å². The van der Waals surface area contributed by atoms with E-state index in [1.807, 2.05) is 19.1 Å². The fraction of sp³-hybridized carbons (Fsp3) is 0.0400. The van der Waals surface area contributed by atoms with Crippen molar-refractivity contribution in [2.75, 3.05) is 5.32 Å². The highest BCUT2D eigenvalue weighted by molar-refractivity contribution is 5.76. The maximum Gasteiger partial charge on any atom is 0.0384 e. The lowest BCUT2D eigenvalue weighted by molar-refractivity contribution is 1.52. The predicted molar refractivity (Wildman–Crippen MR) is 115 cm³/mol. The minimum Gasteiger partial charge on any atom is -0.356 e. The molecule has 0 aliphatic carbocycles. The van der Waals surface area contributed by atoms with E-state index in [2.05, 4.69) is 96.8 Å². The molecule has 0 saturated carbocycles. The van der Waals surface area contributed by atoms with Gasteiger partial charge in [0.15, 0.2) is 0 Å². The van der Waals surface area contributed by atoms with Crippen LogP contribution >= 0.6 is 0 Å². The van der Waals surface area contributed by atoms with Gasteiger partial charge in [-0.15, -0.1) is 0 Å². The Balaban J connectivity index is 1.71. The van der Waals surface area contributed by atoms with E-state index in [9.17, 15) is 0 Å². The van der Waals surface area contributed by atoms with E-state index in [1.165, 1.54) is 22.3 Å². The van der Waals surface area contributed by atoms with E-state index < -0.39 is 0 Å². The van der Waals surface area contributed by atoms with Crippen LogP contribution in [0.25, 0.3) is 16.7 Å². The second kappa shape index (κ2) is 8.68. The molecule has 1 heteroatoms. The molecule has 0 bridgehead atoms. The Morgan fingerprint density at radius 2 is 1.35 bits per heavy atom. The Labute approximate surface area is 156 Å². The first kappa shape index (κ1) is 17.5. The molecule has 3 rings (SSSR count). The van der Waals surface area contributed by atoms with E-state index >= 15 is 0 Å². The number of rotatable bonds is 6. The largest absolute Gasteiger partial charge is 0.356 e. The highest BCUT2D eigenvalue weighted by Crippen LogP contribution is 2.24. The van der Waals surface area contributed by atoms with Gasteiger partial charge in [-0.05, 0) is 53.5 Å². The SMILES string of the molecule is C=C/C=C\C(=C/C)c1ccc(Nc2ccc(-c3ccccc3)cc2)cc1. The number of nitrogens with one attached hydrogen (secondary N) is 1. The molecule has 0 aliphatic rings. The molecular formula is C25H23N. The standard InChI is InChI=1S/C25H23N/c1-3-5-9-20(4-2)22-12-16-24(17-13-22)26-25-18-14-23(15-19-25)21-10-7-6-8-11-21/h3-19,26H,1H2,2H3/b9-5-,20-4+. The maximum atomic E-state index is 3.72. The summed E-state index contributed by atoms with van der Waals surface area (Å²) in [6.07, 6.45) is 7.91. The Hall–Kier alpha value is -3.32. The van der Waals surface area contributed by atoms with Crippen molar-refractivity contribution in [3.8, 4) is 11.1 Å². The van der Waals surface area contributed by atoms with E-state index in [0.29, 0.717) is 0 Å². The third-order valence-corrected chi connectivity index (χ3v) is 4.22. The number of hydrogen-bond acceptors (Lipinski definition) is 1. The molecule has 0 amide bonds. The molecular weight excluding hydrogens is 314 g/mol. The van der Waals surface area contributed by atoms with Gasteiger partial charge in [0.25, 0.3) is 0 Å². The van der Waals surface area contributed by atoms with Crippen molar-refractivity contribution in [3.05, 3.63) is 115 Å². The molecule has 0 aromatic heterocycles. The smallest absolute Gasteiger partial charge is 0.0384 e. The van der Waals surface area contributed by atoms with E-state index in [-0.39, 0.29) is 0 Å². The Morgan fingerprint density at radius 3 is 1.92 bits per heavy atom. The average Bonchev–Trinajstić information content (AvgIpc) is 2.71. The highest BCUT2D eigenvalue weighted by Gasteiger charge is 2.00. The molecule has 128 valence electrons. The van der Waals surface area contributed by atoms with Crippen LogP contribution in [-0.4, -0.2) is 0 Å². The number of benzene rings is 3. The van der Waals surface area contributed by atoms with Crippen LogP contribution in [0, 0.1) is 0 Å². The van der Waals surface area contributed by atoms with Crippen molar-refractivity contribution in [2.45, 2.75) is 6.92 Å². The lowest BCUT2D eigenvalue weighted by Crippen LogP contribution is -1.91. The van der Waals surface area contributed by atoms with Crippen LogP contribution in [0.1, 0.15) is 12.5 Å². The number of anilines is 2. The van der Waals surface area contributed by atoms with Gasteiger partial charge in [-0.2, -0.15) is 0 Å². The Kier molecular flexibility index (Phi) is 5.84. The summed E-state index contributed by atoms with van der Waals surface area (Å²) < 4.78 is 0. The fourth-order valence-electron chi connectivity index (χ4n) is 2.82. The zero-order chi connectivity index (χ0) is 18.2. The minimum atomic E-state index is 1.07. The molecule has 0 aliphatic heterocycles. The predicted octanol–water partition coefficient (Wildman–Crippen LogP) is 7.24. The molecule has 0 heterocycles. The monoisotopic (exact) mass is 337 g/mol. The molecule has 0 radical (unpaired) electrons. The zero-order valence-electron chi connectivity index (χ0n) is 15.0. The van der Waals surface area contributed by atoms with Crippen molar-refractivity contribution < 1.29 is 0 Å². The van der Waals surface area contributed by atoms with Gasteiger partial charge in [0, 0.05) is 11.4 Å². The van der Waals surface area contributed by atoms with Gasteiger partial charge in [0.2, 0.25) is 0 Å². The third-order valence-electron chi connectivity index (χ3n) is 4.22. The number of allylic oxidation sites excluding steroid dienone is 5. The van der Waals surface area contributed by atoms with Crippen LogP contribution < -0.4 is 5.32 Å². The Morgan fingerprint density at radius 1 is 0.769 bits per heavy atom. The lowest BCUT2D eigenvalue weighted by atomic mass is 10.0. The molecule has 26 heavy (non-hydrogen) atoms. The second-order valence-corrected chi connectivity index (χ2v) is 5.98. The van der Waals surface area contributed by atoms with Gasteiger partial charge >= 0.3 is 0 Å². The molecule has 3 aromatic rings. The summed E-state index contributed by atoms with van der Waals surface area (Å²) in [5, 5.41) is 3.46. The summed E-state index contributed by atoms with van der Waals surface area (Å²) in [7, 11) is 0. The van der Waals surface area contributed by atoms with Crippen LogP contribution in [-0.2, 0) is 0 Å². The highest BCUT2D eigenvalue weighted by atomic mass is 14.9. The molecule has 0 unspecified atom stereocenters. The Bertz CT molecular complexity index is 899. The summed E-state index contributed by atoms with van der Waals surface area (Å²) in [6, 6.07) is 27.4.